The van der Waals surface area contributed by atoms with E-state index in [4.69, 9.17) is 11.6 Å². The molecule has 1 fully saturated rings. The number of benzene rings is 1. The monoisotopic (exact) mass is 535 g/mol. The fraction of sp³-hybridized carbons (Fsp3) is 0.280. The standard InChI is InChI=1S/C25H26ClN9OS/c1-15-5-4-6-18(26)22(15)33-23(36)20-14-29-25(37-20)32-21-11-19(30-16(2)31-21)17-12-27-24(28-13-17)35-9-7-34(3)8-10-35/h4-6,11-14H,7-10H2,1-3H3,(H,33,36)(H,29,30,31,32). The molecule has 0 bridgehead atoms. The van der Waals surface area contributed by atoms with Crippen LogP contribution in [0.2, 0.25) is 5.02 Å². The van der Waals surface area contributed by atoms with E-state index in [1.54, 1.807) is 18.5 Å². The number of carbonyl (C=O) groups is 1. The Bertz CT molecular complexity index is 1400. The maximum atomic E-state index is 12.8. The largest absolute Gasteiger partial charge is 0.338 e. The number of hydrogen-bond donors (Lipinski definition) is 2. The van der Waals surface area contributed by atoms with Gasteiger partial charge in [-0.25, -0.2) is 24.9 Å². The summed E-state index contributed by atoms with van der Waals surface area (Å²) >= 11 is 7.46. The van der Waals surface area contributed by atoms with Crippen LogP contribution < -0.4 is 15.5 Å². The van der Waals surface area contributed by atoms with Crippen LogP contribution >= 0.6 is 22.9 Å². The molecular formula is C25H26ClN9OS. The molecule has 4 aromatic rings. The van der Waals surface area contributed by atoms with E-state index < -0.39 is 0 Å². The summed E-state index contributed by atoms with van der Waals surface area (Å²) in [5.41, 5.74) is 2.96. The fourth-order valence-corrected chi connectivity index (χ4v) is 4.90. The number of anilines is 4. The first-order valence-electron chi connectivity index (χ1n) is 11.8. The Morgan fingerprint density at radius 1 is 1.03 bits per heavy atom. The van der Waals surface area contributed by atoms with E-state index in [1.165, 1.54) is 17.5 Å². The molecule has 1 aliphatic rings. The number of para-hydroxylation sites is 1. The van der Waals surface area contributed by atoms with Crippen molar-refractivity contribution in [2.24, 2.45) is 0 Å². The lowest BCUT2D eigenvalue weighted by molar-refractivity contribution is 0.103. The molecule has 190 valence electrons. The smallest absolute Gasteiger partial charge is 0.267 e. The van der Waals surface area contributed by atoms with Crippen molar-refractivity contribution >= 4 is 51.4 Å². The zero-order chi connectivity index (χ0) is 25.9. The van der Waals surface area contributed by atoms with Gasteiger partial charge in [0.15, 0.2) is 5.13 Å². The van der Waals surface area contributed by atoms with Crippen molar-refractivity contribution in [3.05, 3.63) is 64.1 Å². The summed E-state index contributed by atoms with van der Waals surface area (Å²) in [5, 5.41) is 7.07. The number of likely N-dealkylation sites (N-methyl/N-ethyl adjacent to an activating group) is 1. The minimum Gasteiger partial charge on any atom is -0.338 e. The Labute approximate surface area is 223 Å². The molecule has 1 amide bonds. The number of nitrogens with zero attached hydrogens (tertiary/aromatic N) is 7. The van der Waals surface area contributed by atoms with E-state index in [9.17, 15) is 4.79 Å². The number of piperazine rings is 1. The van der Waals surface area contributed by atoms with Crippen LogP contribution in [0.25, 0.3) is 11.3 Å². The molecule has 0 saturated carbocycles. The van der Waals surface area contributed by atoms with Crippen LogP contribution in [0.5, 0.6) is 0 Å². The van der Waals surface area contributed by atoms with Gasteiger partial charge in [-0.15, -0.1) is 0 Å². The van der Waals surface area contributed by atoms with Crippen LogP contribution in [-0.2, 0) is 0 Å². The molecule has 12 heteroatoms. The molecule has 1 aliphatic heterocycles. The number of aryl methyl sites for hydroxylation is 2. The summed E-state index contributed by atoms with van der Waals surface area (Å²) in [6.45, 7) is 7.50. The Morgan fingerprint density at radius 3 is 2.51 bits per heavy atom. The van der Waals surface area contributed by atoms with E-state index in [2.05, 4.69) is 52.4 Å². The lowest BCUT2D eigenvalue weighted by atomic mass is 10.2. The molecule has 1 aromatic carbocycles. The van der Waals surface area contributed by atoms with Crippen molar-refractivity contribution < 1.29 is 4.79 Å². The molecule has 0 aliphatic carbocycles. The Morgan fingerprint density at radius 2 is 1.78 bits per heavy atom. The van der Waals surface area contributed by atoms with Gasteiger partial charge in [0.1, 0.15) is 16.5 Å². The third kappa shape index (κ3) is 5.85. The van der Waals surface area contributed by atoms with Gasteiger partial charge in [-0.05, 0) is 32.5 Å². The second kappa shape index (κ2) is 10.8. The quantitative estimate of drug-likeness (QED) is 0.370. The molecule has 10 nitrogen and oxygen atoms in total. The summed E-state index contributed by atoms with van der Waals surface area (Å²) in [5.74, 6) is 1.60. The van der Waals surface area contributed by atoms with Crippen molar-refractivity contribution in [3.8, 4) is 11.3 Å². The number of hydrogen-bond acceptors (Lipinski definition) is 10. The van der Waals surface area contributed by atoms with Crippen molar-refractivity contribution in [1.29, 1.82) is 0 Å². The number of aromatic nitrogens is 5. The maximum Gasteiger partial charge on any atom is 0.267 e. The van der Waals surface area contributed by atoms with E-state index >= 15 is 0 Å². The van der Waals surface area contributed by atoms with Gasteiger partial charge >= 0.3 is 0 Å². The van der Waals surface area contributed by atoms with E-state index in [1.807, 2.05) is 32.0 Å². The van der Waals surface area contributed by atoms with Gasteiger partial charge in [0.05, 0.1) is 22.6 Å². The molecule has 1 saturated heterocycles. The third-order valence-corrected chi connectivity index (χ3v) is 7.21. The minimum atomic E-state index is -0.279. The summed E-state index contributed by atoms with van der Waals surface area (Å²) in [6, 6.07) is 7.29. The molecule has 37 heavy (non-hydrogen) atoms. The van der Waals surface area contributed by atoms with Gasteiger partial charge in [-0.3, -0.25) is 4.79 Å². The number of rotatable bonds is 6. The Balaban J connectivity index is 1.29. The highest BCUT2D eigenvalue weighted by molar-refractivity contribution is 7.17. The first kappa shape index (κ1) is 25.0. The van der Waals surface area contributed by atoms with Gasteiger partial charge < -0.3 is 20.4 Å². The second-order valence-corrected chi connectivity index (χ2v) is 10.2. The molecule has 2 N–H and O–H groups in total. The van der Waals surface area contributed by atoms with Crippen molar-refractivity contribution in [2.45, 2.75) is 13.8 Å². The van der Waals surface area contributed by atoms with E-state index in [0.717, 1.165) is 43.3 Å². The fourth-order valence-electron chi connectivity index (χ4n) is 3.91. The number of thiazole rings is 1. The third-order valence-electron chi connectivity index (χ3n) is 5.98. The van der Waals surface area contributed by atoms with Crippen LogP contribution in [0.1, 0.15) is 21.1 Å². The maximum absolute atomic E-state index is 12.8. The first-order chi connectivity index (χ1) is 17.9. The molecule has 5 rings (SSSR count). The summed E-state index contributed by atoms with van der Waals surface area (Å²) < 4.78 is 0. The highest BCUT2D eigenvalue weighted by Crippen LogP contribution is 2.28. The number of carbonyl (C=O) groups excluding carboxylic acids is 1. The van der Waals surface area contributed by atoms with Gasteiger partial charge in [0.2, 0.25) is 5.95 Å². The van der Waals surface area contributed by atoms with Gasteiger partial charge in [-0.2, -0.15) is 0 Å². The number of nitrogens with one attached hydrogen (secondary N) is 2. The normalized spacial score (nSPS) is 14.0. The van der Waals surface area contributed by atoms with Gasteiger partial charge in [0.25, 0.3) is 5.91 Å². The predicted molar refractivity (Wildman–Crippen MR) is 147 cm³/mol. The number of halogens is 1. The first-order valence-corrected chi connectivity index (χ1v) is 13.0. The molecular weight excluding hydrogens is 510 g/mol. The number of amides is 1. The van der Waals surface area contributed by atoms with Crippen LogP contribution in [-0.4, -0.2) is 69.0 Å². The second-order valence-electron chi connectivity index (χ2n) is 8.79. The highest BCUT2D eigenvalue weighted by Gasteiger charge is 2.17. The zero-order valence-corrected chi connectivity index (χ0v) is 22.3. The van der Waals surface area contributed by atoms with E-state index in [0.29, 0.717) is 38.1 Å². The Hall–Kier alpha value is -3.67. The molecule has 0 radical (unpaired) electrons. The van der Waals surface area contributed by atoms with Gasteiger partial charge in [-0.1, -0.05) is 35.1 Å². The Kier molecular flexibility index (Phi) is 7.26. The van der Waals surface area contributed by atoms with Crippen molar-refractivity contribution in [2.75, 3.05) is 48.8 Å². The lowest BCUT2D eigenvalue weighted by Gasteiger charge is -2.32. The van der Waals surface area contributed by atoms with Crippen LogP contribution in [0.15, 0.2) is 42.9 Å². The highest BCUT2D eigenvalue weighted by atomic mass is 35.5. The molecule has 3 aromatic heterocycles. The summed E-state index contributed by atoms with van der Waals surface area (Å²) in [7, 11) is 2.12. The minimum absolute atomic E-state index is 0.279. The molecule has 0 unspecified atom stereocenters. The van der Waals surface area contributed by atoms with Crippen molar-refractivity contribution in [1.82, 2.24) is 29.8 Å². The van der Waals surface area contributed by atoms with Crippen LogP contribution in [0.3, 0.4) is 0 Å². The summed E-state index contributed by atoms with van der Waals surface area (Å²) in [4.78, 5) is 40.2. The van der Waals surface area contributed by atoms with Crippen LogP contribution in [0.4, 0.5) is 22.6 Å². The lowest BCUT2D eigenvalue weighted by Crippen LogP contribution is -2.45. The SMILES string of the molecule is Cc1nc(Nc2ncc(C(=O)Nc3c(C)cccc3Cl)s2)cc(-c2cnc(N3CCN(C)CC3)nc2)n1. The average Bonchev–Trinajstić information content (AvgIpc) is 3.35. The molecule has 0 spiro atoms. The average molecular weight is 536 g/mol. The van der Waals surface area contributed by atoms with E-state index in [-0.39, 0.29) is 5.91 Å². The zero-order valence-electron chi connectivity index (χ0n) is 20.7. The molecule has 4 heterocycles. The topological polar surface area (TPSA) is 112 Å². The molecule has 0 atom stereocenters. The van der Waals surface area contributed by atoms with Gasteiger partial charge in [0, 0.05) is 50.2 Å². The van der Waals surface area contributed by atoms with Crippen molar-refractivity contribution in [3.63, 3.8) is 0 Å². The summed E-state index contributed by atoms with van der Waals surface area (Å²) in [6.07, 6.45) is 5.10. The predicted octanol–water partition coefficient (Wildman–Crippen LogP) is 4.41. The van der Waals surface area contributed by atoms with Crippen LogP contribution in [0, 0.1) is 13.8 Å².